The van der Waals surface area contributed by atoms with Gasteiger partial charge in [0.05, 0.1) is 11.6 Å². The zero-order valence-electron chi connectivity index (χ0n) is 15.7. The van der Waals surface area contributed by atoms with Crippen molar-refractivity contribution in [3.63, 3.8) is 0 Å². The molecule has 3 aromatic carbocycles. The molecule has 0 radical (unpaired) electrons. The molecule has 2 nitrogen and oxygen atoms in total. The molecule has 0 saturated carbocycles. The normalized spacial score (nSPS) is 15.4. The Bertz CT molecular complexity index is 943. The van der Waals surface area contributed by atoms with Crippen LogP contribution in [0.15, 0.2) is 72.8 Å². The monoisotopic (exact) mass is 352 g/mol. The lowest BCUT2D eigenvalue weighted by Crippen LogP contribution is -2.23. The minimum atomic E-state index is 0.497. The van der Waals surface area contributed by atoms with Crippen LogP contribution in [-0.2, 0) is 0 Å². The highest BCUT2D eigenvalue weighted by molar-refractivity contribution is 5.71. The number of hydrogen-bond donors (Lipinski definition) is 0. The zero-order chi connectivity index (χ0) is 18.6. The van der Waals surface area contributed by atoms with Crippen LogP contribution in [-0.4, -0.2) is 18.0 Å². The summed E-state index contributed by atoms with van der Waals surface area (Å²) in [6, 6.07) is 28.0. The Morgan fingerprint density at radius 2 is 1.33 bits per heavy atom. The van der Waals surface area contributed by atoms with E-state index < -0.39 is 0 Å². The van der Waals surface area contributed by atoms with Crippen LogP contribution in [0.25, 0.3) is 22.3 Å². The Hall–Kier alpha value is -2.89. The van der Waals surface area contributed by atoms with Gasteiger partial charge in [0.25, 0.3) is 0 Å². The number of rotatable bonds is 4. The van der Waals surface area contributed by atoms with E-state index in [1.54, 1.807) is 0 Å². The summed E-state index contributed by atoms with van der Waals surface area (Å²) in [6.07, 6.45) is 2.65. The lowest BCUT2D eigenvalue weighted by atomic mass is 9.98. The van der Waals surface area contributed by atoms with Gasteiger partial charge in [-0.05, 0) is 72.8 Å². The van der Waals surface area contributed by atoms with Gasteiger partial charge in [-0.3, -0.25) is 4.90 Å². The molecule has 1 heterocycles. The van der Waals surface area contributed by atoms with Crippen LogP contribution in [0, 0.1) is 11.3 Å². The van der Waals surface area contributed by atoms with Gasteiger partial charge in [0, 0.05) is 6.04 Å². The van der Waals surface area contributed by atoms with Crippen LogP contribution in [0.1, 0.15) is 36.9 Å². The van der Waals surface area contributed by atoms with Gasteiger partial charge in [-0.15, -0.1) is 0 Å². The van der Waals surface area contributed by atoms with Crippen molar-refractivity contribution in [2.75, 3.05) is 13.1 Å². The second-order valence-electron chi connectivity index (χ2n) is 7.31. The highest BCUT2D eigenvalue weighted by atomic mass is 15.2. The van der Waals surface area contributed by atoms with Crippen molar-refractivity contribution >= 4 is 0 Å². The lowest BCUT2D eigenvalue weighted by Gasteiger charge is -2.24. The molecule has 1 aliphatic heterocycles. The molecule has 0 aromatic heterocycles. The smallest absolute Gasteiger partial charge is 0.0991 e. The molecule has 0 aliphatic carbocycles. The molecule has 0 bridgehead atoms. The first kappa shape index (κ1) is 17.5. The van der Waals surface area contributed by atoms with Gasteiger partial charge in [-0.1, -0.05) is 60.7 Å². The van der Waals surface area contributed by atoms with Gasteiger partial charge in [-0.25, -0.2) is 0 Å². The highest BCUT2D eigenvalue weighted by Gasteiger charge is 2.19. The highest BCUT2D eigenvalue weighted by Crippen LogP contribution is 2.29. The predicted molar refractivity (Wildman–Crippen MR) is 111 cm³/mol. The van der Waals surface area contributed by atoms with Crippen LogP contribution in [0.5, 0.6) is 0 Å². The molecule has 0 spiro atoms. The SMILES string of the molecule is CC(c1ccc(-c2ccc(-c3cccc(C#N)c3)cc2)cc1)N1CCCC1. The van der Waals surface area contributed by atoms with Crippen molar-refractivity contribution in [3.05, 3.63) is 83.9 Å². The van der Waals surface area contributed by atoms with E-state index >= 15 is 0 Å². The number of nitrogens with zero attached hydrogens (tertiary/aromatic N) is 2. The molecular weight excluding hydrogens is 328 g/mol. The Morgan fingerprint density at radius 1 is 0.778 bits per heavy atom. The summed E-state index contributed by atoms with van der Waals surface area (Å²) >= 11 is 0. The summed E-state index contributed by atoms with van der Waals surface area (Å²) in [7, 11) is 0. The van der Waals surface area contributed by atoms with Gasteiger partial charge >= 0.3 is 0 Å². The van der Waals surface area contributed by atoms with E-state index in [9.17, 15) is 0 Å². The molecule has 0 amide bonds. The van der Waals surface area contributed by atoms with Crippen LogP contribution in [0.3, 0.4) is 0 Å². The average Bonchev–Trinajstić information content (AvgIpc) is 3.28. The Labute approximate surface area is 161 Å². The molecule has 27 heavy (non-hydrogen) atoms. The molecule has 1 fully saturated rings. The first-order chi connectivity index (χ1) is 13.2. The maximum Gasteiger partial charge on any atom is 0.0991 e. The van der Waals surface area contributed by atoms with E-state index in [4.69, 9.17) is 5.26 Å². The summed E-state index contributed by atoms with van der Waals surface area (Å²) in [5, 5.41) is 9.08. The number of likely N-dealkylation sites (tertiary alicyclic amines) is 1. The minimum Gasteiger partial charge on any atom is -0.297 e. The van der Waals surface area contributed by atoms with Crippen molar-refractivity contribution in [1.82, 2.24) is 4.90 Å². The molecular formula is C25H24N2. The third-order valence-corrected chi connectivity index (χ3v) is 5.62. The van der Waals surface area contributed by atoms with E-state index in [1.807, 2.05) is 24.3 Å². The Morgan fingerprint density at radius 3 is 1.93 bits per heavy atom. The van der Waals surface area contributed by atoms with E-state index in [-0.39, 0.29) is 0 Å². The standard InChI is InChI=1S/C25H24N2/c1-19(27-15-2-3-16-27)21-7-9-22(10-8-21)23-11-13-24(14-12-23)25-6-4-5-20(17-25)18-26/h4-14,17,19H,2-3,15-16H2,1H3. The Balaban J connectivity index is 1.52. The summed E-state index contributed by atoms with van der Waals surface area (Å²) in [4.78, 5) is 2.57. The number of hydrogen-bond acceptors (Lipinski definition) is 2. The molecule has 134 valence electrons. The van der Waals surface area contributed by atoms with E-state index in [2.05, 4.69) is 66.4 Å². The van der Waals surface area contributed by atoms with Crippen LogP contribution >= 0.6 is 0 Å². The van der Waals surface area contributed by atoms with Gasteiger partial charge < -0.3 is 0 Å². The van der Waals surface area contributed by atoms with Crippen LogP contribution in [0.2, 0.25) is 0 Å². The van der Waals surface area contributed by atoms with Gasteiger partial charge in [0.1, 0.15) is 0 Å². The van der Waals surface area contributed by atoms with Gasteiger partial charge in [0.15, 0.2) is 0 Å². The van der Waals surface area contributed by atoms with Crippen molar-refractivity contribution in [2.45, 2.75) is 25.8 Å². The summed E-state index contributed by atoms with van der Waals surface area (Å²) < 4.78 is 0. The van der Waals surface area contributed by atoms with Crippen molar-refractivity contribution in [3.8, 4) is 28.3 Å². The molecule has 4 rings (SSSR count). The summed E-state index contributed by atoms with van der Waals surface area (Å²) in [5.74, 6) is 0. The van der Waals surface area contributed by atoms with Crippen molar-refractivity contribution in [1.29, 1.82) is 5.26 Å². The maximum absolute atomic E-state index is 9.08. The Kier molecular flexibility index (Phi) is 5.05. The third-order valence-electron chi connectivity index (χ3n) is 5.62. The lowest BCUT2D eigenvalue weighted by molar-refractivity contribution is 0.263. The fourth-order valence-electron chi connectivity index (χ4n) is 3.92. The van der Waals surface area contributed by atoms with E-state index in [0.717, 1.165) is 11.1 Å². The van der Waals surface area contributed by atoms with Gasteiger partial charge in [-0.2, -0.15) is 5.26 Å². The molecule has 1 aliphatic rings. The predicted octanol–water partition coefficient (Wildman–Crippen LogP) is 6.05. The van der Waals surface area contributed by atoms with Gasteiger partial charge in [0.2, 0.25) is 0 Å². The summed E-state index contributed by atoms with van der Waals surface area (Å²) in [6.45, 7) is 4.75. The number of nitriles is 1. The topological polar surface area (TPSA) is 27.0 Å². The third kappa shape index (κ3) is 3.79. The molecule has 1 atom stereocenters. The fourth-order valence-corrected chi connectivity index (χ4v) is 3.92. The average molecular weight is 352 g/mol. The van der Waals surface area contributed by atoms with Crippen molar-refractivity contribution in [2.24, 2.45) is 0 Å². The van der Waals surface area contributed by atoms with Crippen LogP contribution < -0.4 is 0 Å². The first-order valence-corrected chi connectivity index (χ1v) is 9.69. The fraction of sp³-hybridized carbons (Fsp3) is 0.240. The molecule has 1 unspecified atom stereocenters. The minimum absolute atomic E-state index is 0.497. The van der Waals surface area contributed by atoms with Crippen molar-refractivity contribution < 1.29 is 0 Å². The largest absolute Gasteiger partial charge is 0.297 e. The van der Waals surface area contributed by atoms with E-state index in [0.29, 0.717) is 11.6 Å². The quantitative estimate of drug-likeness (QED) is 0.571. The number of benzene rings is 3. The van der Waals surface area contributed by atoms with Crippen LogP contribution in [0.4, 0.5) is 0 Å². The molecule has 2 heteroatoms. The second-order valence-corrected chi connectivity index (χ2v) is 7.31. The maximum atomic E-state index is 9.08. The molecule has 3 aromatic rings. The second kappa shape index (κ2) is 7.78. The summed E-state index contributed by atoms with van der Waals surface area (Å²) in [5.41, 5.74) is 6.76. The first-order valence-electron chi connectivity index (χ1n) is 9.69. The zero-order valence-corrected chi connectivity index (χ0v) is 15.7. The molecule has 0 N–H and O–H groups in total. The van der Waals surface area contributed by atoms with E-state index in [1.165, 1.54) is 42.6 Å². The molecule has 1 saturated heterocycles.